The van der Waals surface area contributed by atoms with Crippen molar-refractivity contribution >= 4 is 17.9 Å². The van der Waals surface area contributed by atoms with E-state index in [-0.39, 0.29) is 0 Å². The van der Waals surface area contributed by atoms with Crippen LogP contribution in [0.2, 0.25) is 0 Å². The fourth-order valence-electron chi connectivity index (χ4n) is 1.00. The van der Waals surface area contributed by atoms with Gasteiger partial charge in [0.25, 0.3) is 0 Å². The Balaban J connectivity index is 4.99. The van der Waals surface area contributed by atoms with Crippen molar-refractivity contribution in [3.63, 3.8) is 0 Å². The Bertz CT molecular complexity index is 271. The van der Waals surface area contributed by atoms with Crippen LogP contribution < -0.4 is 0 Å². The number of carboxylic acids is 3. The maximum absolute atomic E-state index is 10.8. The molecule has 0 aliphatic rings. The fourth-order valence-corrected chi connectivity index (χ4v) is 1.00. The summed E-state index contributed by atoms with van der Waals surface area (Å²) in [6.45, 7) is 2.29. The highest BCUT2D eigenvalue weighted by atomic mass is 16.4. The van der Waals surface area contributed by atoms with E-state index in [1.54, 1.807) is 0 Å². The average molecular weight is 204 g/mol. The van der Waals surface area contributed by atoms with Gasteiger partial charge >= 0.3 is 17.9 Å². The molecule has 80 valence electrons. The summed E-state index contributed by atoms with van der Waals surface area (Å²) in [5.74, 6) is -5.33. The summed E-state index contributed by atoms with van der Waals surface area (Å²) < 4.78 is 0. The Hall–Kier alpha value is -1.59. The zero-order valence-electron chi connectivity index (χ0n) is 7.85. The second-order valence-corrected chi connectivity index (χ2v) is 3.35. The van der Waals surface area contributed by atoms with Gasteiger partial charge in [-0.1, -0.05) is 6.92 Å². The Morgan fingerprint density at radius 2 is 1.64 bits per heavy atom. The molecule has 0 rings (SSSR count). The van der Waals surface area contributed by atoms with Crippen LogP contribution in [0.25, 0.3) is 0 Å². The monoisotopic (exact) mass is 204 g/mol. The van der Waals surface area contributed by atoms with Gasteiger partial charge in [-0.3, -0.25) is 14.4 Å². The smallest absolute Gasteiger partial charge is 0.310 e. The molecule has 14 heavy (non-hydrogen) atoms. The van der Waals surface area contributed by atoms with Crippen LogP contribution in [-0.2, 0) is 14.4 Å². The second-order valence-electron chi connectivity index (χ2n) is 3.35. The summed E-state index contributed by atoms with van der Waals surface area (Å²) in [5.41, 5.74) is -1.78. The van der Waals surface area contributed by atoms with Crippen LogP contribution in [0.1, 0.15) is 20.3 Å². The van der Waals surface area contributed by atoms with Gasteiger partial charge in [-0.2, -0.15) is 0 Å². The van der Waals surface area contributed by atoms with Gasteiger partial charge < -0.3 is 15.3 Å². The molecule has 0 heterocycles. The number of carboxylic acid groups (broad SMARTS) is 3. The molecule has 0 radical (unpaired) electrons. The Morgan fingerprint density at radius 3 is 1.86 bits per heavy atom. The third kappa shape index (κ3) is 2.45. The molecule has 0 aliphatic heterocycles. The van der Waals surface area contributed by atoms with Gasteiger partial charge in [-0.15, -0.1) is 0 Å². The van der Waals surface area contributed by atoms with E-state index in [0.29, 0.717) is 0 Å². The molecular weight excluding hydrogens is 192 g/mol. The van der Waals surface area contributed by atoms with Crippen molar-refractivity contribution in [2.75, 3.05) is 0 Å². The molecule has 6 nitrogen and oxygen atoms in total. The van der Waals surface area contributed by atoms with Crippen LogP contribution in [0.4, 0.5) is 0 Å². The highest BCUT2D eigenvalue weighted by Gasteiger charge is 2.44. The Morgan fingerprint density at radius 1 is 1.21 bits per heavy atom. The van der Waals surface area contributed by atoms with Gasteiger partial charge in [-0.05, 0) is 6.92 Å². The van der Waals surface area contributed by atoms with E-state index in [4.69, 9.17) is 15.3 Å². The van der Waals surface area contributed by atoms with E-state index < -0.39 is 35.7 Å². The first-order valence-electron chi connectivity index (χ1n) is 3.90. The van der Waals surface area contributed by atoms with E-state index in [9.17, 15) is 14.4 Å². The van der Waals surface area contributed by atoms with Crippen molar-refractivity contribution < 1.29 is 29.7 Å². The van der Waals surface area contributed by atoms with Gasteiger partial charge in [0.2, 0.25) is 0 Å². The number of rotatable bonds is 5. The first-order valence-corrected chi connectivity index (χ1v) is 3.90. The fraction of sp³-hybridized carbons (Fsp3) is 0.625. The third-order valence-corrected chi connectivity index (χ3v) is 2.33. The van der Waals surface area contributed by atoms with Gasteiger partial charge in [0, 0.05) is 0 Å². The van der Waals surface area contributed by atoms with Crippen molar-refractivity contribution in [3.8, 4) is 0 Å². The zero-order valence-corrected chi connectivity index (χ0v) is 7.85. The highest BCUT2D eigenvalue weighted by Crippen LogP contribution is 2.31. The zero-order chi connectivity index (χ0) is 11.5. The van der Waals surface area contributed by atoms with Crippen LogP contribution in [0.5, 0.6) is 0 Å². The summed E-state index contributed by atoms with van der Waals surface area (Å²) in [5, 5.41) is 25.9. The van der Waals surface area contributed by atoms with Crippen molar-refractivity contribution in [1.82, 2.24) is 0 Å². The lowest BCUT2D eigenvalue weighted by molar-refractivity contribution is -0.164. The molecular formula is C8H12O6. The summed E-state index contributed by atoms with van der Waals surface area (Å²) in [6.07, 6.45) is -0.713. The van der Waals surface area contributed by atoms with E-state index in [2.05, 4.69) is 0 Å². The molecule has 2 atom stereocenters. The Kier molecular flexibility index (Phi) is 3.62. The summed E-state index contributed by atoms with van der Waals surface area (Å²) in [6, 6.07) is 0. The van der Waals surface area contributed by atoms with E-state index >= 15 is 0 Å². The van der Waals surface area contributed by atoms with Crippen molar-refractivity contribution in [1.29, 1.82) is 0 Å². The Labute approximate surface area is 80.2 Å². The van der Waals surface area contributed by atoms with Crippen molar-refractivity contribution in [2.45, 2.75) is 20.3 Å². The number of hydrogen-bond donors (Lipinski definition) is 3. The molecule has 6 heteroatoms. The summed E-state index contributed by atoms with van der Waals surface area (Å²) >= 11 is 0. The number of carbonyl (C=O) groups is 3. The van der Waals surface area contributed by atoms with Crippen LogP contribution in [-0.4, -0.2) is 33.2 Å². The standard InChI is InChI=1S/C8H12O6/c1-4(6(11)12)8(2,7(13)14)3-5(9)10/h4H,3H2,1-2H3,(H,9,10)(H,11,12)(H,13,14). The molecule has 0 amide bonds. The molecule has 0 aromatic heterocycles. The van der Waals surface area contributed by atoms with Gasteiger partial charge in [0.05, 0.1) is 17.8 Å². The molecule has 0 aromatic carbocycles. The predicted molar refractivity (Wildman–Crippen MR) is 44.8 cm³/mol. The normalized spacial score (nSPS) is 16.7. The van der Waals surface area contributed by atoms with Crippen molar-refractivity contribution in [3.05, 3.63) is 0 Å². The predicted octanol–water partition coefficient (Wildman–Crippen LogP) is 0.273. The molecule has 3 N–H and O–H groups in total. The molecule has 0 bridgehead atoms. The number of aliphatic carboxylic acids is 3. The van der Waals surface area contributed by atoms with Crippen molar-refractivity contribution in [2.24, 2.45) is 11.3 Å². The minimum atomic E-state index is -1.78. The van der Waals surface area contributed by atoms with Gasteiger partial charge in [0.1, 0.15) is 0 Å². The molecule has 0 spiro atoms. The van der Waals surface area contributed by atoms with E-state index in [0.717, 1.165) is 6.92 Å². The first kappa shape index (κ1) is 12.4. The molecule has 0 saturated carbocycles. The molecule has 0 aliphatic carbocycles. The lowest BCUT2D eigenvalue weighted by atomic mass is 9.75. The number of hydrogen-bond acceptors (Lipinski definition) is 3. The van der Waals surface area contributed by atoms with Crippen LogP contribution in [0.15, 0.2) is 0 Å². The first-order chi connectivity index (χ1) is 6.21. The SMILES string of the molecule is CC(C(=O)O)C(C)(CC(=O)O)C(=O)O. The lowest BCUT2D eigenvalue weighted by Crippen LogP contribution is -2.40. The quantitative estimate of drug-likeness (QED) is 0.592. The van der Waals surface area contributed by atoms with E-state index in [1.807, 2.05) is 0 Å². The lowest BCUT2D eigenvalue weighted by Gasteiger charge is -2.26. The van der Waals surface area contributed by atoms with Crippen LogP contribution in [0, 0.1) is 11.3 Å². The highest BCUT2D eigenvalue weighted by molar-refractivity contribution is 5.86. The van der Waals surface area contributed by atoms with Gasteiger partial charge in [0.15, 0.2) is 0 Å². The maximum atomic E-state index is 10.8. The second kappa shape index (κ2) is 4.08. The third-order valence-electron chi connectivity index (χ3n) is 2.33. The molecule has 0 fully saturated rings. The molecule has 0 saturated heterocycles. The average Bonchev–Trinajstić information content (AvgIpc) is 2.00. The minimum absolute atomic E-state index is 0.713. The van der Waals surface area contributed by atoms with Gasteiger partial charge in [-0.25, -0.2) is 0 Å². The maximum Gasteiger partial charge on any atom is 0.310 e. The molecule has 2 unspecified atom stereocenters. The van der Waals surface area contributed by atoms with E-state index in [1.165, 1.54) is 6.92 Å². The largest absolute Gasteiger partial charge is 0.481 e. The van der Waals surface area contributed by atoms with Crippen LogP contribution in [0.3, 0.4) is 0 Å². The van der Waals surface area contributed by atoms with Crippen LogP contribution >= 0.6 is 0 Å². The molecule has 0 aromatic rings. The minimum Gasteiger partial charge on any atom is -0.481 e. The topological polar surface area (TPSA) is 112 Å². The summed E-state index contributed by atoms with van der Waals surface area (Å²) in [7, 11) is 0. The summed E-state index contributed by atoms with van der Waals surface area (Å²) in [4.78, 5) is 31.7.